The van der Waals surface area contributed by atoms with Gasteiger partial charge in [0.15, 0.2) is 7.15 Å². The van der Waals surface area contributed by atoms with Crippen LogP contribution in [0.1, 0.15) is 71.3 Å². The Morgan fingerprint density at radius 1 is 1.09 bits per heavy atom. The molecule has 0 aliphatic carbocycles. The second-order valence-electron chi connectivity index (χ2n) is 11.2. The molecule has 248 valence electrons. The number of urea groups is 1. The molecule has 1 aromatic rings. The average molecular weight is 649 g/mol. The van der Waals surface area contributed by atoms with Crippen molar-refractivity contribution in [3.63, 3.8) is 0 Å². The lowest BCUT2D eigenvalue weighted by Gasteiger charge is -2.25. The number of likely N-dealkylation sites (tertiary alicyclic amines) is 1. The van der Waals surface area contributed by atoms with Gasteiger partial charge in [0, 0.05) is 32.4 Å². The Balaban J connectivity index is 1.93. The highest BCUT2D eigenvalue weighted by Crippen LogP contribution is 2.23. The van der Waals surface area contributed by atoms with E-state index in [9.17, 15) is 33.6 Å². The van der Waals surface area contributed by atoms with Crippen molar-refractivity contribution in [3.8, 4) is 0 Å². The summed E-state index contributed by atoms with van der Waals surface area (Å²) in [5.74, 6) is -1.72. The van der Waals surface area contributed by atoms with Gasteiger partial charge in [-0.05, 0) is 49.0 Å². The molecular weight excluding hydrogens is 602 g/mol. The highest BCUT2D eigenvalue weighted by Gasteiger charge is 2.37. The van der Waals surface area contributed by atoms with Crippen molar-refractivity contribution in [2.45, 2.75) is 89.2 Å². The van der Waals surface area contributed by atoms with Crippen LogP contribution in [0.3, 0.4) is 0 Å². The zero-order valence-electron chi connectivity index (χ0n) is 27.1. The van der Waals surface area contributed by atoms with E-state index >= 15 is 0 Å². The normalized spacial score (nSPS) is 16.1. The molecule has 3 atom stereocenters. The molecule has 0 bridgehead atoms. The van der Waals surface area contributed by atoms with Gasteiger partial charge in [0.1, 0.15) is 12.6 Å². The first-order valence-electron chi connectivity index (χ1n) is 15.6. The number of thioether (sulfide) groups is 1. The van der Waals surface area contributed by atoms with E-state index in [0.717, 1.165) is 0 Å². The van der Waals surface area contributed by atoms with E-state index in [1.807, 2.05) is 0 Å². The summed E-state index contributed by atoms with van der Waals surface area (Å²) >= 11 is 1.37. The zero-order chi connectivity index (χ0) is 34.2. The second kappa shape index (κ2) is 19.4. The van der Waals surface area contributed by atoms with Crippen molar-refractivity contribution in [3.05, 3.63) is 35.4 Å². The molecule has 14 heteroatoms. The monoisotopic (exact) mass is 648 g/mol. The molecule has 1 aromatic carbocycles. The first-order chi connectivity index (χ1) is 21.8. The number of ether oxygens (including phenoxy) is 1. The second-order valence-corrected chi connectivity index (χ2v) is 12.3. The summed E-state index contributed by atoms with van der Waals surface area (Å²) in [6, 6.07) is 4.24. The van der Waals surface area contributed by atoms with Gasteiger partial charge in [0.05, 0.1) is 11.3 Å². The van der Waals surface area contributed by atoms with Crippen LogP contribution < -0.4 is 21.7 Å². The molecule has 2 rings (SSSR count). The van der Waals surface area contributed by atoms with E-state index in [0.29, 0.717) is 43.4 Å². The first-order valence-corrected chi connectivity index (χ1v) is 16.3. The third-order valence-electron chi connectivity index (χ3n) is 7.41. The van der Waals surface area contributed by atoms with Crippen LogP contribution in [0.25, 0.3) is 0 Å². The summed E-state index contributed by atoms with van der Waals surface area (Å²) in [5.41, 5.74) is 6.44. The minimum Gasteiger partial charge on any atom is -0.463 e. The number of ketones is 1. The molecule has 1 fully saturated rings. The lowest BCUT2D eigenvalue weighted by molar-refractivity contribution is -0.138. The van der Waals surface area contributed by atoms with E-state index in [4.69, 9.17) is 7.10 Å². The topological polar surface area (TPSA) is 194 Å². The maximum Gasteiger partial charge on any atom is 0.312 e. The number of benzene rings is 1. The molecule has 1 aliphatic heterocycles. The number of hydrogen-bond donors (Lipinski definition) is 4. The van der Waals surface area contributed by atoms with Crippen molar-refractivity contribution in [2.75, 3.05) is 19.3 Å². The van der Waals surface area contributed by atoms with Crippen LogP contribution in [-0.2, 0) is 46.5 Å². The molecule has 0 radical (unpaired) electrons. The molecule has 1 heterocycles. The number of amides is 6. The highest BCUT2D eigenvalue weighted by molar-refractivity contribution is 8.00. The van der Waals surface area contributed by atoms with Crippen LogP contribution >= 0.6 is 11.8 Å². The summed E-state index contributed by atoms with van der Waals surface area (Å²) in [6.45, 7) is 4.03. The first kappa shape index (κ1) is 35.5. The van der Waals surface area contributed by atoms with Gasteiger partial charge in [-0.2, -0.15) is 11.8 Å². The molecule has 1 unspecified atom stereocenters. The molecule has 1 saturated heterocycles. The molecule has 5 N–H and O–H groups in total. The molecule has 0 spiro atoms. The van der Waals surface area contributed by atoms with Crippen molar-refractivity contribution in [1.82, 2.24) is 20.9 Å². The van der Waals surface area contributed by atoms with Gasteiger partial charge in [-0.1, -0.05) is 44.5 Å². The minimum absolute atomic E-state index is 0.00201. The highest BCUT2D eigenvalue weighted by atomic mass is 32.2. The minimum atomic E-state index is -1.14. The van der Waals surface area contributed by atoms with E-state index in [2.05, 4.69) is 20.7 Å². The number of carbonyl (C=O) groups excluding carboxylic acids is 7. The molecule has 6 amide bonds. The van der Waals surface area contributed by atoms with Crippen molar-refractivity contribution < 1.29 is 39.7 Å². The Kier molecular flexibility index (Phi) is 15.4. The lowest BCUT2D eigenvalue weighted by atomic mass is 9.97. The Bertz CT molecular complexity index is 1250. The molecular formula is C31H45N5O8S. The largest absolute Gasteiger partial charge is 0.463 e. The summed E-state index contributed by atoms with van der Waals surface area (Å²) in [7, 11) is 0. The van der Waals surface area contributed by atoms with E-state index in [-0.39, 0.29) is 73.5 Å². The lowest BCUT2D eigenvalue weighted by Crippen LogP contribution is -2.54. The number of hydrogen-bond acceptors (Lipinski definition) is 9. The number of nitrogens with two attached hydrogens (primary N) is 1. The predicted molar refractivity (Wildman–Crippen MR) is 169 cm³/mol. The maximum absolute atomic E-state index is 13.3. The zero-order valence-corrected chi connectivity index (χ0v) is 26.9. The van der Waals surface area contributed by atoms with Crippen LogP contribution in [0, 0.1) is 5.92 Å². The Labute approximate surface area is 269 Å². The van der Waals surface area contributed by atoms with Crippen molar-refractivity contribution in [2.24, 2.45) is 11.7 Å². The van der Waals surface area contributed by atoms with Crippen LogP contribution in [0.4, 0.5) is 4.79 Å². The average Bonchev–Trinajstić information content (AvgIpc) is 3.28. The maximum atomic E-state index is 13.3. The number of nitrogens with zero attached hydrogens (tertiary/aromatic N) is 1. The van der Waals surface area contributed by atoms with Gasteiger partial charge >= 0.3 is 6.03 Å². The summed E-state index contributed by atoms with van der Waals surface area (Å²) in [5, 5.41) is 7.70. The van der Waals surface area contributed by atoms with Gasteiger partial charge in [0.2, 0.25) is 23.6 Å². The van der Waals surface area contributed by atoms with Crippen molar-refractivity contribution >= 4 is 53.7 Å². The molecule has 13 nitrogen and oxygen atoms in total. The standard InChI is InChI=1S/C31H45N5O8S/c1-20(2)28(35-26(39)9-5-4-6-15-36-27(40)17-25(45-3)30(36)42)29(41)34-23(8-7-14-33-31(32)43)24(38)16-21-10-12-22(13-11-21)18-44-19-37/h10-13,19-20,23,25,28H,4-9,14-18H2,1-3H3,(H,34,41)(H,35,39)(H3,32,33,43)/t23-,25?,28-/m0/s1/i19D. The molecule has 45 heavy (non-hydrogen) atoms. The number of Topliss-reactive ketones (excluding diaryl/α,β-unsaturated/α-hetero) is 1. The fraction of sp³-hybridized carbons (Fsp3) is 0.581. The van der Waals surface area contributed by atoms with E-state index in [1.54, 1.807) is 44.4 Å². The van der Waals surface area contributed by atoms with Gasteiger partial charge < -0.3 is 26.4 Å². The Morgan fingerprint density at radius 3 is 2.38 bits per heavy atom. The van der Waals surface area contributed by atoms with Crippen LogP contribution in [0.15, 0.2) is 24.3 Å². The third kappa shape index (κ3) is 12.9. The summed E-state index contributed by atoms with van der Waals surface area (Å²) < 4.78 is 11.5. The summed E-state index contributed by atoms with van der Waals surface area (Å²) in [4.78, 5) is 86.8. The van der Waals surface area contributed by atoms with Crippen molar-refractivity contribution in [1.29, 1.82) is 0 Å². The quantitative estimate of drug-likeness (QED) is 0.0923. The predicted octanol–water partition coefficient (Wildman–Crippen LogP) is 1.60. The number of rotatable bonds is 20. The van der Waals surface area contributed by atoms with Gasteiger partial charge in [-0.25, -0.2) is 4.79 Å². The van der Waals surface area contributed by atoms with E-state index in [1.165, 1.54) is 16.7 Å². The number of imide groups is 1. The number of carbonyl (C=O) groups is 7. The van der Waals surface area contributed by atoms with Gasteiger partial charge in [-0.3, -0.25) is 33.7 Å². The van der Waals surface area contributed by atoms with Crippen LogP contribution in [-0.4, -0.2) is 83.5 Å². The number of nitrogens with one attached hydrogen (secondary N) is 3. The van der Waals surface area contributed by atoms with Gasteiger partial charge in [0.25, 0.3) is 6.45 Å². The fourth-order valence-electron chi connectivity index (χ4n) is 4.87. The van der Waals surface area contributed by atoms with E-state index < -0.39 is 30.5 Å². The fourth-order valence-corrected chi connectivity index (χ4v) is 5.51. The van der Waals surface area contributed by atoms with Crippen LogP contribution in [0.5, 0.6) is 0 Å². The van der Waals surface area contributed by atoms with Crippen LogP contribution in [0.2, 0.25) is 0 Å². The molecule has 0 aromatic heterocycles. The van der Waals surface area contributed by atoms with Gasteiger partial charge in [-0.15, -0.1) is 0 Å². The third-order valence-corrected chi connectivity index (χ3v) is 8.35. The SMILES string of the molecule is [2H]C(=O)OCc1ccc(CC(=O)[C@H](CCCNC(N)=O)NC(=O)[C@@H](NC(=O)CCCCCN2C(=O)CC(SC)C2=O)C(C)C)cc1. The Morgan fingerprint density at radius 2 is 1.78 bits per heavy atom. The smallest absolute Gasteiger partial charge is 0.312 e. The molecule has 0 saturated carbocycles. The number of primary amides is 1. The summed E-state index contributed by atoms with van der Waals surface area (Å²) in [6.07, 6.45) is 3.34. The molecule has 1 aliphatic rings. The number of unbranched alkanes of at least 4 members (excludes halogenated alkanes) is 2. The Hall–Kier alpha value is -3.94.